The molecule has 0 aliphatic rings. The second-order valence-corrected chi connectivity index (χ2v) is 5.48. The van der Waals surface area contributed by atoms with Crippen LogP contribution in [0.4, 0.5) is 0 Å². The molecule has 8 heteroatoms. The van der Waals surface area contributed by atoms with Crippen molar-refractivity contribution in [3.63, 3.8) is 0 Å². The summed E-state index contributed by atoms with van der Waals surface area (Å²) < 4.78 is 4.97. The third-order valence-electron chi connectivity index (χ3n) is 3.82. The molecule has 0 saturated heterocycles. The SMILES string of the molecule is COc1cc(/C=C/c2ccc3ccc(C(=O)[O-])c(O)c3n2)cc(O)c1O.[Na+]. The number of carboxylic acid groups (broad SMARTS) is 1. The Morgan fingerprint density at radius 3 is 2.44 bits per heavy atom. The third-order valence-corrected chi connectivity index (χ3v) is 3.82. The molecule has 0 radical (unpaired) electrons. The molecular weight excluding hydrogens is 361 g/mol. The molecule has 0 spiro atoms. The van der Waals surface area contributed by atoms with E-state index >= 15 is 0 Å². The number of carbonyl (C=O) groups excluding carboxylic acids is 1. The Morgan fingerprint density at radius 2 is 1.78 bits per heavy atom. The normalized spacial score (nSPS) is 10.7. The van der Waals surface area contributed by atoms with Crippen LogP contribution in [-0.4, -0.2) is 33.4 Å². The van der Waals surface area contributed by atoms with Crippen molar-refractivity contribution in [1.29, 1.82) is 0 Å². The summed E-state index contributed by atoms with van der Waals surface area (Å²) in [5, 5.41) is 41.0. The maximum Gasteiger partial charge on any atom is 1.00 e. The number of ether oxygens (including phenoxy) is 1. The molecule has 132 valence electrons. The Bertz CT molecular complexity index is 1050. The number of fused-ring (bicyclic) bond motifs is 1. The molecule has 1 aromatic heterocycles. The van der Waals surface area contributed by atoms with Crippen molar-refractivity contribution in [3.05, 3.63) is 53.2 Å². The molecule has 7 nitrogen and oxygen atoms in total. The third kappa shape index (κ3) is 4.16. The minimum absolute atomic E-state index is 0. The second-order valence-electron chi connectivity index (χ2n) is 5.48. The summed E-state index contributed by atoms with van der Waals surface area (Å²) in [6.07, 6.45) is 3.23. The maximum atomic E-state index is 11.0. The van der Waals surface area contributed by atoms with Crippen LogP contribution in [0.3, 0.4) is 0 Å². The number of aromatic carboxylic acids is 1. The van der Waals surface area contributed by atoms with Crippen LogP contribution in [0.2, 0.25) is 0 Å². The maximum absolute atomic E-state index is 11.0. The topological polar surface area (TPSA) is 123 Å². The number of aromatic nitrogens is 1. The van der Waals surface area contributed by atoms with E-state index < -0.39 is 11.7 Å². The van der Waals surface area contributed by atoms with Gasteiger partial charge in [-0.05, 0) is 35.9 Å². The molecule has 0 unspecified atom stereocenters. The molecule has 0 amide bonds. The molecule has 3 rings (SSSR count). The van der Waals surface area contributed by atoms with Gasteiger partial charge < -0.3 is 30.0 Å². The van der Waals surface area contributed by atoms with Crippen LogP contribution in [0.1, 0.15) is 21.6 Å². The number of methoxy groups -OCH3 is 1. The number of rotatable bonds is 4. The number of hydrogen-bond donors (Lipinski definition) is 3. The molecule has 1 heterocycles. The van der Waals surface area contributed by atoms with E-state index in [2.05, 4.69) is 4.98 Å². The largest absolute Gasteiger partial charge is 1.00 e. The first-order chi connectivity index (χ1) is 12.4. The van der Waals surface area contributed by atoms with Crippen molar-refractivity contribution in [2.45, 2.75) is 0 Å². The minimum Gasteiger partial charge on any atom is -0.545 e. The number of nitrogens with zero attached hydrogens (tertiary/aromatic N) is 1. The predicted molar refractivity (Wildman–Crippen MR) is 93.0 cm³/mol. The zero-order chi connectivity index (χ0) is 18.8. The van der Waals surface area contributed by atoms with Crippen LogP contribution < -0.4 is 39.4 Å². The number of phenolic OH excluding ortho intramolecular Hbond substituents is 2. The van der Waals surface area contributed by atoms with Crippen molar-refractivity contribution in [3.8, 4) is 23.0 Å². The van der Waals surface area contributed by atoms with Crippen LogP contribution >= 0.6 is 0 Å². The molecular formula is C19H14NNaO6. The number of benzene rings is 2. The first-order valence-electron chi connectivity index (χ1n) is 7.53. The molecule has 27 heavy (non-hydrogen) atoms. The fourth-order valence-electron chi connectivity index (χ4n) is 2.49. The zero-order valence-corrected chi connectivity index (χ0v) is 16.6. The van der Waals surface area contributed by atoms with Gasteiger partial charge in [0.15, 0.2) is 17.2 Å². The van der Waals surface area contributed by atoms with Gasteiger partial charge in [-0.3, -0.25) is 0 Å². The number of carbonyl (C=O) groups is 1. The second kappa shape index (κ2) is 8.30. The van der Waals surface area contributed by atoms with Gasteiger partial charge in [-0.2, -0.15) is 0 Å². The summed E-state index contributed by atoms with van der Waals surface area (Å²) in [4.78, 5) is 15.3. The summed E-state index contributed by atoms with van der Waals surface area (Å²) in [6, 6.07) is 9.04. The van der Waals surface area contributed by atoms with Crippen molar-refractivity contribution >= 4 is 29.0 Å². The van der Waals surface area contributed by atoms with Crippen LogP contribution in [0.15, 0.2) is 36.4 Å². The quantitative estimate of drug-likeness (QED) is 0.391. The molecule has 3 N–H and O–H groups in total. The van der Waals surface area contributed by atoms with E-state index in [1.54, 1.807) is 24.3 Å². The zero-order valence-electron chi connectivity index (χ0n) is 14.6. The van der Waals surface area contributed by atoms with Gasteiger partial charge in [-0.15, -0.1) is 0 Å². The van der Waals surface area contributed by atoms with Gasteiger partial charge in [0.05, 0.1) is 18.8 Å². The summed E-state index contributed by atoms with van der Waals surface area (Å²) >= 11 is 0. The summed E-state index contributed by atoms with van der Waals surface area (Å²) in [6.45, 7) is 0. The molecule has 0 atom stereocenters. The van der Waals surface area contributed by atoms with Gasteiger partial charge in [0.2, 0.25) is 5.75 Å². The van der Waals surface area contributed by atoms with E-state index in [1.165, 1.54) is 31.4 Å². The summed E-state index contributed by atoms with van der Waals surface area (Å²) in [5.41, 5.74) is 0.806. The van der Waals surface area contributed by atoms with Gasteiger partial charge in [0.1, 0.15) is 5.52 Å². The van der Waals surface area contributed by atoms with Gasteiger partial charge in [0, 0.05) is 10.9 Å². The van der Waals surface area contributed by atoms with E-state index in [1.807, 2.05) is 0 Å². The Labute approximate surface area is 176 Å². The molecule has 0 saturated carbocycles. The number of phenols is 3. The standard InChI is InChI=1S/C19H15NO6.Na/c1-26-15-9-10(8-14(21)18(15)23)2-5-12-6-3-11-4-7-13(19(24)25)17(22)16(11)20-12;/h2-9,21-23H,1H3,(H,24,25);/q;+1/p-1/b5-2+;. The Kier molecular flexibility index (Phi) is 6.32. The van der Waals surface area contributed by atoms with E-state index in [-0.39, 0.29) is 57.9 Å². The summed E-state index contributed by atoms with van der Waals surface area (Å²) in [5.74, 6) is -2.51. The minimum atomic E-state index is -1.49. The average Bonchev–Trinajstić information content (AvgIpc) is 2.62. The fraction of sp³-hybridized carbons (Fsp3) is 0.0526. The molecule has 0 aliphatic heterocycles. The van der Waals surface area contributed by atoms with Crippen molar-refractivity contribution < 1.29 is 59.5 Å². The molecule has 2 aromatic carbocycles. The first kappa shape index (κ1) is 20.6. The monoisotopic (exact) mass is 375 g/mol. The van der Waals surface area contributed by atoms with E-state index in [9.17, 15) is 25.2 Å². The van der Waals surface area contributed by atoms with Crippen molar-refractivity contribution in [2.75, 3.05) is 7.11 Å². The summed E-state index contributed by atoms with van der Waals surface area (Å²) in [7, 11) is 1.37. The Morgan fingerprint density at radius 1 is 1.07 bits per heavy atom. The van der Waals surface area contributed by atoms with E-state index in [4.69, 9.17) is 4.74 Å². The number of aromatic hydroxyl groups is 3. The van der Waals surface area contributed by atoms with Crippen molar-refractivity contribution in [2.24, 2.45) is 0 Å². The number of hydrogen-bond acceptors (Lipinski definition) is 7. The smallest absolute Gasteiger partial charge is 0.545 e. The molecule has 0 aliphatic carbocycles. The Balaban J connectivity index is 0.00000261. The first-order valence-corrected chi connectivity index (χ1v) is 7.53. The van der Waals surface area contributed by atoms with Crippen LogP contribution in [-0.2, 0) is 0 Å². The van der Waals surface area contributed by atoms with Gasteiger partial charge >= 0.3 is 29.6 Å². The van der Waals surface area contributed by atoms with Gasteiger partial charge in [0.25, 0.3) is 0 Å². The van der Waals surface area contributed by atoms with E-state index in [0.29, 0.717) is 16.6 Å². The fourth-order valence-corrected chi connectivity index (χ4v) is 2.49. The molecule has 3 aromatic rings. The van der Waals surface area contributed by atoms with Crippen LogP contribution in [0.5, 0.6) is 23.0 Å². The van der Waals surface area contributed by atoms with Gasteiger partial charge in [-0.1, -0.05) is 18.2 Å². The van der Waals surface area contributed by atoms with Gasteiger partial charge in [-0.25, -0.2) is 4.98 Å². The predicted octanol–water partition coefficient (Wildman–Crippen LogP) is -1.10. The molecule has 0 bridgehead atoms. The van der Waals surface area contributed by atoms with E-state index in [0.717, 1.165) is 0 Å². The average molecular weight is 375 g/mol. The number of pyridine rings is 1. The molecule has 0 fully saturated rings. The number of carboxylic acids is 1. The van der Waals surface area contributed by atoms with Crippen molar-refractivity contribution in [1.82, 2.24) is 4.98 Å². The van der Waals surface area contributed by atoms with Crippen LogP contribution in [0.25, 0.3) is 23.1 Å². The Hall–Kier alpha value is -2.74. The van der Waals surface area contributed by atoms with Crippen LogP contribution in [0, 0.1) is 0 Å².